The van der Waals surface area contributed by atoms with Crippen molar-refractivity contribution in [2.75, 3.05) is 18.1 Å². The Morgan fingerprint density at radius 1 is 0.870 bits per heavy atom. The van der Waals surface area contributed by atoms with Gasteiger partial charge >= 0.3 is 5.97 Å². The highest BCUT2D eigenvalue weighted by atomic mass is 32.2. The predicted molar refractivity (Wildman–Crippen MR) is 104 cm³/mol. The van der Waals surface area contributed by atoms with Crippen molar-refractivity contribution in [3.05, 3.63) is 0 Å². The Balaban J connectivity index is 3.85. The number of carbonyl (C=O) groups is 1. The van der Waals surface area contributed by atoms with Crippen LogP contribution in [0.15, 0.2) is 0 Å². The highest BCUT2D eigenvalue weighted by molar-refractivity contribution is 7.99. The van der Waals surface area contributed by atoms with Crippen LogP contribution >= 0.6 is 11.8 Å². The summed E-state index contributed by atoms with van der Waals surface area (Å²) in [5, 5.41) is 0. The van der Waals surface area contributed by atoms with Crippen LogP contribution in [0.2, 0.25) is 0 Å². The van der Waals surface area contributed by atoms with Gasteiger partial charge in [0.05, 0.1) is 5.92 Å². The first-order valence-electron chi connectivity index (χ1n) is 9.35. The molecule has 0 aliphatic rings. The molecule has 0 radical (unpaired) electrons. The Kier molecular flexibility index (Phi) is 11.3. The maximum absolute atomic E-state index is 12.4. The van der Waals surface area contributed by atoms with E-state index in [9.17, 15) is 4.79 Å². The van der Waals surface area contributed by atoms with Gasteiger partial charge in [-0.25, -0.2) is 0 Å². The van der Waals surface area contributed by atoms with Crippen LogP contribution in [0.5, 0.6) is 0 Å². The molecule has 0 amide bonds. The van der Waals surface area contributed by atoms with E-state index in [4.69, 9.17) is 4.74 Å². The van der Waals surface area contributed by atoms with Crippen molar-refractivity contribution in [1.82, 2.24) is 0 Å². The van der Waals surface area contributed by atoms with Crippen LogP contribution in [0.25, 0.3) is 0 Å². The van der Waals surface area contributed by atoms with Gasteiger partial charge < -0.3 is 4.74 Å². The molecule has 0 spiro atoms. The number of ether oxygens (including phenoxy) is 1. The van der Waals surface area contributed by atoms with E-state index in [2.05, 4.69) is 48.5 Å². The first-order valence-corrected chi connectivity index (χ1v) is 10.5. The van der Waals surface area contributed by atoms with Gasteiger partial charge in [0.15, 0.2) is 0 Å². The molecule has 138 valence electrons. The zero-order valence-electron chi connectivity index (χ0n) is 16.7. The fraction of sp³-hybridized carbons (Fsp3) is 0.950. The van der Waals surface area contributed by atoms with Gasteiger partial charge in [-0.05, 0) is 23.0 Å². The van der Waals surface area contributed by atoms with Crippen molar-refractivity contribution in [3.63, 3.8) is 0 Å². The first-order chi connectivity index (χ1) is 10.6. The third-order valence-electron chi connectivity index (χ3n) is 4.08. The second kappa shape index (κ2) is 11.4. The topological polar surface area (TPSA) is 26.3 Å². The van der Waals surface area contributed by atoms with Crippen molar-refractivity contribution in [2.24, 2.45) is 16.7 Å². The Morgan fingerprint density at radius 2 is 1.39 bits per heavy atom. The van der Waals surface area contributed by atoms with Crippen LogP contribution in [0.3, 0.4) is 0 Å². The number of hydrogen-bond donors (Lipinski definition) is 0. The van der Waals surface area contributed by atoms with Crippen LogP contribution in [0.1, 0.15) is 87.0 Å². The van der Waals surface area contributed by atoms with Crippen molar-refractivity contribution >= 4 is 17.7 Å². The normalized spacial score (nSPS) is 12.7. The van der Waals surface area contributed by atoms with Gasteiger partial charge in [0.1, 0.15) is 6.61 Å². The first kappa shape index (κ1) is 22.8. The maximum atomic E-state index is 12.4. The standard InChI is InChI=1S/C20H40O2S/c1-8-9-10-11-12-13-15-23-16-14-22-18(21)17(19(2,3)4)20(5,6)7/h17H,8-16H2,1-7H3. The number of carbonyl (C=O) groups excluding carboxylic acids is 1. The molecule has 0 N–H and O–H groups in total. The van der Waals surface area contributed by atoms with Crippen molar-refractivity contribution in [1.29, 1.82) is 0 Å². The van der Waals surface area contributed by atoms with Gasteiger partial charge in [-0.3, -0.25) is 4.79 Å². The molecular formula is C20H40O2S. The molecule has 0 heterocycles. The molecule has 0 bridgehead atoms. The van der Waals surface area contributed by atoms with Crippen molar-refractivity contribution in [3.8, 4) is 0 Å². The molecule has 0 aromatic heterocycles. The zero-order chi connectivity index (χ0) is 17.9. The minimum absolute atomic E-state index is 0.0369. The van der Waals surface area contributed by atoms with E-state index in [1.54, 1.807) is 0 Å². The molecule has 0 aromatic rings. The summed E-state index contributed by atoms with van der Waals surface area (Å²) < 4.78 is 5.56. The average Bonchev–Trinajstić information content (AvgIpc) is 2.37. The lowest BCUT2D eigenvalue weighted by molar-refractivity contribution is -0.157. The van der Waals surface area contributed by atoms with Crippen LogP contribution in [0, 0.1) is 16.7 Å². The summed E-state index contributed by atoms with van der Waals surface area (Å²) in [6.07, 6.45) is 8.04. The van der Waals surface area contributed by atoms with Gasteiger partial charge in [0.2, 0.25) is 0 Å². The van der Waals surface area contributed by atoms with Crippen LogP contribution in [-0.2, 0) is 9.53 Å². The number of thioether (sulfide) groups is 1. The van der Waals surface area contributed by atoms with Crippen molar-refractivity contribution < 1.29 is 9.53 Å². The summed E-state index contributed by atoms with van der Waals surface area (Å²) in [5.41, 5.74) is -0.137. The summed E-state index contributed by atoms with van der Waals surface area (Å²) in [7, 11) is 0. The van der Waals surface area contributed by atoms with Crippen molar-refractivity contribution in [2.45, 2.75) is 87.0 Å². The Labute approximate surface area is 149 Å². The SMILES string of the molecule is CCCCCCCCSCCOC(=O)C(C(C)(C)C)C(C)(C)C. The largest absolute Gasteiger partial charge is 0.465 e. The van der Waals surface area contributed by atoms with E-state index in [1.807, 2.05) is 11.8 Å². The minimum Gasteiger partial charge on any atom is -0.465 e. The van der Waals surface area contributed by atoms with Gasteiger partial charge in [-0.2, -0.15) is 11.8 Å². The summed E-state index contributed by atoms with van der Waals surface area (Å²) in [6.45, 7) is 15.5. The highest BCUT2D eigenvalue weighted by Crippen LogP contribution is 2.40. The van der Waals surface area contributed by atoms with Crippen LogP contribution in [-0.4, -0.2) is 24.1 Å². The molecule has 0 aliphatic heterocycles. The molecule has 0 aliphatic carbocycles. The zero-order valence-corrected chi connectivity index (χ0v) is 17.5. The molecule has 0 atom stereocenters. The second-order valence-electron chi connectivity index (χ2n) is 8.71. The molecule has 0 saturated carbocycles. The fourth-order valence-corrected chi connectivity index (χ4v) is 4.19. The van der Waals surface area contributed by atoms with E-state index < -0.39 is 0 Å². The molecule has 23 heavy (non-hydrogen) atoms. The number of rotatable bonds is 11. The minimum atomic E-state index is -0.0708. The lowest BCUT2D eigenvalue weighted by Crippen LogP contribution is -2.40. The third kappa shape index (κ3) is 11.1. The Bertz CT molecular complexity index is 299. The van der Waals surface area contributed by atoms with E-state index in [1.165, 1.54) is 44.3 Å². The molecule has 0 aromatic carbocycles. The second-order valence-corrected chi connectivity index (χ2v) is 9.94. The predicted octanol–water partition coefficient (Wildman–Crippen LogP) is 6.33. The monoisotopic (exact) mass is 344 g/mol. The quantitative estimate of drug-likeness (QED) is 0.323. The number of esters is 1. The number of hydrogen-bond acceptors (Lipinski definition) is 3. The van der Waals surface area contributed by atoms with E-state index in [0.29, 0.717) is 6.61 Å². The van der Waals surface area contributed by atoms with Gasteiger partial charge in [0, 0.05) is 5.75 Å². The molecule has 2 nitrogen and oxygen atoms in total. The lowest BCUT2D eigenvalue weighted by atomic mass is 9.67. The van der Waals surface area contributed by atoms with E-state index in [-0.39, 0.29) is 22.7 Å². The van der Waals surface area contributed by atoms with Gasteiger partial charge in [0.25, 0.3) is 0 Å². The highest BCUT2D eigenvalue weighted by Gasteiger charge is 2.41. The smallest absolute Gasteiger partial charge is 0.310 e. The molecule has 3 heteroatoms. The van der Waals surface area contributed by atoms with Crippen LogP contribution in [0.4, 0.5) is 0 Å². The summed E-state index contributed by atoms with van der Waals surface area (Å²) in [5.74, 6) is 2.00. The molecular weight excluding hydrogens is 304 g/mol. The third-order valence-corrected chi connectivity index (χ3v) is 5.11. The molecule has 0 fully saturated rings. The Morgan fingerprint density at radius 3 is 1.91 bits per heavy atom. The lowest BCUT2D eigenvalue weighted by Gasteiger charge is -2.38. The fourth-order valence-electron chi connectivity index (χ4n) is 3.38. The Hall–Kier alpha value is -0.180. The molecule has 0 saturated heterocycles. The van der Waals surface area contributed by atoms with Gasteiger partial charge in [-0.1, -0.05) is 80.6 Å². The maximum Gasteiger partial charge on any atom is 0.310 e. The van der Waals surface area contributed by atoms with Gasteiger partial charge in [-0.15, -0.1) is 0 Å². The number of unbranched alkanes of at least 4 members (excludes halogenated alkanes) is 5. The summed E-state index contributed by atoms with van der Waals surface area (Å²) in [4.78, 5) is 12.4. The average molecular weight is 345 g/mol. The van der Waals surface area contributed by atoms with Crippen LogP contribution < -0.4 is 0 Å². The molecule has 0 rings (SSSR count). The summed E-state index contributed by atoms with van der Waals surface area (Å²) >= 11 is 1.91. The van der Waals surface area contributed by atoms with E-state index >= 15 is 0 Å². The van der Waals surface area contributed by atoms with E-state index in [0.717, 1.165) is 5.75 Å². The summed E-state index contributed by atoms with van der Waals surface area (Å²) in [6, 6.07) is 0. The molecule has 0 unspecified atom stereocenters.